The number of aromatic nitrogens is 1. The lowest BCUT2D eigenvalue weighted by Crippen LogP contribution is -2.23. The number of amides is 1. The number of aliphatic hydroxyl groups excluding tert-OH is 1. The third kappa shape index (κ3) is 3.87. The normalized spacial score (nSPS) is 12.1. The fourth-order valence-electron chi connectivity index (χ4n) is 2.22. The van der Waals surface area contributed by atoms with Gasteiger partial charge in [-0.1, -0.05) is 0 Å². The number of pyridine rings is 1. The van der Waals surface area contributed by atoms with Crippen molar-refractivity contribution in [3.05, 3.63) is 68.2 Å². The Morgan fingerprint density at radius 2 is 2.25 bits per heavy atom. The molecule has 1 amide bonds. The molecular weight excluding hydrogens is 360 g/mol. The molecule has 0 saturated heterocycles. The molecule has 2 N–H and O–H groups in total. The van der Waals surface area contributed by atoms with Crippen molar-refractivity contribution in [1.82, 2.24) is 10.3 Å². The summed E-state index contributed by atoms with van der Waals surface area (Å²) in [5.41, 5.74) is 1.48. The summed E-state index contributed by atoms with van der Waals surface area (Å²) < 4.78 is 0. The molecule has 0 aliphatic carbocycles. The first-order valence-corrected chi connectivity index (χ1v) is 10.2. The molecule has 0 bridgehead atoms. The van der Waals surface area contributed by atoms with E-state index < -0.39 is 6.10 Å². The van der Waals surface area contributed by atoms with Gasteiger partial charge in [0.25, 0.3) is 5.91 Å². The van der Waals surface area contributed by atoms with Gasteiger partial charge >= 0.3 is 0 Å². The summed E-state index contributed by atoms with van der Waals surface area (Å²) in [6.07, 6.45) is 2.98. The van der Waals surface area contributed by atoms with Crippen LogP contribution >= 0.6 is 34.4 Å². The average Bonchev–Trinajstić information content (AvgIpc) is 3.30. The maximum atomic E-state index is 12.3. The van der Waals surface area contributed by atoms with Crippen LogP contribution in [0.3, 0.4) is 0 Å². The maximum absolute atomic E-state index is 12.3. The van der Waals surface area contributed by atoms with Crippen LogP contribution in [0.5, 0.6) is 0 Å². The van der Waals surface area contributed by atoms with Gasteiger partial charge < -0.3 is 10.4 Å². The smallest absolute Gasteiger partial charge is 0.254 e. The zero-order valence-electron chi connectivity index (χ0n) is 12.9. The highest BCUT2D eigenvalue weighted by molar-refractivity contribution is 7.98. The first-order chi connectivity index (χ1) is 11.7. The van der Waals surface area contributed by atoms with Gasteiger partial charge in [0.05, 0.1) is 12.1 Å². The molecule has 3 aromatic heterocycles. The van der Waals surface area contributed by atoms with Crippen LogP contribution in [0.15, 0.2) is 52.3 Å². The van der Waals surface area contributed by atoms with Crippen molar-refractivity contribution in [2.24, 2.45) is 0 Å². The first-order valence-electron chi connectivity index (χ1n) is 7.25. The number of nitrogens with one attached hydrogen (secondary N) is 1. The average molecular weight is 377 g/mol. The molecule has 7 heteroatoms. The number of hydrogen-bond acceptors (Lipinski definition) is 6. The van der Waals surface area contributed by atoms with Crippen LogP contribution in [-0.4, -0.2) is 22.3 Å². The summed E-state index contributed by atoms with van der Waals surface area (Å²) >= 11 is 4.52. The molecule has 1 unspecified atom stereocenters. The lowest BCUT2D eigenvalue weighted by atomic mass is 10.2. The Hall–Kier alpha value is -1.67. The Bertz CT molecular complexity index is 815. The van der Waals surface area contributed by atoms with Crippen LogP contribution in [0.2, 0.25) is 0 Å². The van der Waals surface area contributed by atoms with Crippen molar-refractivity contribution in [1.29, 1.82) is 0 Å². The first kappa shape index (κ1) is 17.2. The number of carbonyl (C=O) groups is 1. The zero-order chi connectivity index (χ0) is 16.9. The topological polar surface area (TPSA) is 62.2 Å². The molecule has 0 aliphatic heterocycles. The second-order valence-corrected chi connectivity index (χ2v) is 7.78. The molecule has 0 aromatic carbocycles. The van der Waals surface area contributed by atoms with Crippen molar-refractivity contribution in [3.63, 3.8) is 0 Å². The molecule has 4 nitrogen and oxygen atoms in total. The molecule has 0 fully saturated rings. The van der Waals surface area contributed by atoms with Gasteiger partial charge in [0, 0.05) is 16.0 Å². The van der Waals surface area contributed by atoms with E-state index in [-0.39, 0.29) is 5.91 Å². The fraction of sp³-hybridized carbons (Fsp3) is 0.176. The van der Waals surface area contributed by atoms with Gasteiger partial charge in [-0.15, -0.1) is 23.1 Å². The quantitative estimate of drug-likeness (QED) is 0.640. The number of carbonyl (C=O) groups excluding carboxylic acids is 1. The van der Waals surface area contributed by atoms with Crippen LogP contribution < -0.4 is 5.32 Å². The van der Waals surface area contributed by atoms with Gasteiger partial charge in [-0.3, -0.25) is 4.79 Å². The van der Waals surface area contributed by atoms with E-state index in [0.717, 1.165) is 20.3 Å². The van der Waals surface area contributed by atoms with Gasteiger partial charge in [-0.05, 0) is 52.9 Å². The Labute approximate surface area is 152 Å². The van der Waals surface area contributed by atoms with E-state index in [0.29, 0.717) is 12.1 Å². The minimum absolute atomic E-state index is 0.138. The molecule has 24 heavy (non-hydrogen) atoms. The van der Waals surface area contributed by atoms with E-state index in [4.69, 9.17) is 0 Å². The predicted octanol–water partition coefficient (Wildman–Crippen LogP) is 3.94. The SMILES string of the molecule is CSc1ncccc1C(=O)NCc1ccc(C(O)c2ccsc2)s1. The summed E-state index contributed by atoms with van der Waals surface area (Å²) in [4.78, 5) is 18.4. The van der Waals surface area contributed by atoms with Crippen molar-refractivity contribution >= 4 is 40.3 Å². The summed E-state index contributed by atoms with van der Waals surface area (Å²) in [5, 5.41) is 17.9. The molecule has 0 radical (unpaired) electrons. The number of hydrogen-bond donors (Lipinski definition) is 2. The Balaban J connectivity index is 1.64. The van der Waals surface area contributed by atoms with E-state index in [1.54, 1.807) is 29.7 Å². The molecular formula is C17H16N2O2S3. The standard InChI is InChI=1S/C17H16N2O2S3/c1-22-17-13(3-2-7-18-17)16(21)19-9-12-4-5-14(24-12)15(20)11-6-8-23-10-11/h2-8,10,15,20H,9H2,1H3,(H,19,21). The monoisotopic (exact) mass is 376 g/mol. The van der Waals surface area contributed by atoms with Crippen molar-refractivity contribution in [2.45, 2.75) is 17.7 Å². The van der Waals surface area contributed by atoms with Crippen LogP contribution in [0, 0.1) is 0 Å². The third-order valence-electron chi connectivity index (χ3n) is 3.44. The second kappa shape index (κ2) is 7.94. The van der Waals surface area contributed by atoms with Crippen LogP contribution in [0.1, 0.15) is 31.8 Å². The maximum Gasteiger partial charge on any atom is 0.254 e. The van der Waals surface area contributed by atoms with Gasteiger partial charge in [0.1, 0.15) is 11.1 Å². The molecule has 1 atom stereocenters. The van der Waals surface area contributed by atoms with Crippen LogP contribution in [-0.2, 0) is 6.54 Å². The van der Waals surface area contributed by atoms with Crippen molar-refractivity contribution in [3.8, 4) is 0 Å². The molecule has 3 rings (SSSR count). The number of thioether (sulfide) groups is 1. The fourth-order valence-corrected chi connectivity index (χ4v) is 4.41. The van der Waals surface area contributed by atoms with Gasteiger partial charge in [-0.25, -0.2) is 4.98 Å². The van der Waals surface area contributed by atoms with Gasteiger partial charge in [-0.2, -0.15) is 11.3 Å². The molecule has 0 spiro atoms. The van der Waals surface area contributed by atoms with Crippen molar-refractivity contribution in [2.75, 3.05) is 6.26 Å². The Morgan fingerprint density at radius 3 is 3.00 bits per heavy atom. The summed E-state index contributed by atoms with van der Waals surface area (Å²) in [6.45, 7) is 0.433. The minimum Gasteiger partial charge on any atom is -0.383 e. The van der Waals surface area contributed by atoms with E-state index in [9.17, 15) is 9.90 Å². The number of nitrogens with zero attached hydrogens (tertiary/aromatic N) is 1. The lowest BCUT2D eigenvalue weighted by Gasteiger charge is -2.07. The molecule has 0 saturated carbocycles. The van der Waals surface area contributed by atoms with E-state index in [1.165, 1.54) is 23.1 Å². The zero-order valence-corrected chi connectivity index (χ0v) is 15.4. The highest BCUT2D eigenvalue weighted by atomic mass is 32.2. The highest BCUT2D eigenvalue weighted by Crippen LogP contribution is 2.29. The van der Waals surface area contributed by atoms with E-state index in [1.807, 2.05) is 35.2 Å². The Morgan fingerprint density at radius 1 is 1.38 bits per heavy atom. The summed E-state index contributed by atoms with van der Waals surface area (Å²) in [7, 11) is 0. The molecule has 0 aliphatic rings. The van der Waals surface area contributed by atoms with E-state index >= 15 is 0 Å². The molecule has 3 heterocycles. The number of aliphatic hydroxyl groups is 1. The number of thiophene rings is 2. The van der Waals surface area contributed by atoms with E-state index in [2.05, 4.69) is 10.3 Å². The van der Waals surface area contributed by atoms with Crippen LogP contribution in [0.4, 0.5) is 0 Å². The largest absolute Gasteiger partial charge is 0.383 e. The van der Waals surface area contributed by atoms with Gasteiger partial charge in [0.15, 0.2) is 0 Å². The highest BCUT2D eigenvalue weighted by Gasteiger charge is 2.15. The molecule has 3 aromatic rings. The summed E-state index contributed by atoms with van der Waals surface area (Å²) in [6, 6.07) is 9.30. The van der Waals surface area contributed by atoms with Gasteiger partial charge in [0.2, 0.25) is 0 Å². The minimum atomic E-state index is -0.605. The lowest BCUT2D eigenvalue weighted by molar-refractivity contribution is 0.0947. The predicted molar refractivity (Wildman–Crippen MR) is 99.9 cm³/mol. The van der Waals surface area contributed by atoms with Crippen molar-refractivity contribution < 1.29 is 9.90 Å². The van der Waals surface area contributed by atoms with Crippen LogP contribution in [0.25, 0.3) is 0 Å². The Kier molecular flexibility index (Phi) is 5.68. The summed E-state index contributed by atoms with van der Waals surface area (Å²) in [5.74, 6) is -0.138. The second-order valence-electron chi connectivity index (χ2n) is 5.01. The molecule has 124 valence electrons. The number of rotatable bonds is 6. The third-order valence-corrected chi connectivity index (χ3v) is 5.99.